The van der Waals surface area contributed by atoms with Gasteiger partial charge in [-0.25, -0.2) is 4.98 Å². The molecule has 2 aromatic rings. The van der Waals surface area contributed by atoms with Crippen molar-refractivity contribution in [2.75, 3.05) is 13.1 Å². The lowest BCUT2D eigenvalue weighted by atomic mass is 10.4. The molecule has 0 saturated carbocycles. The minimum absolute atomic E-state index is 0.185. The van der Waals surface area contributed by atoms with Crippen molar-refractivity contribution in [1.82, 2.24) is 15.2 Å². The fourth-order valence-electron chi connectivity index (χ4n) is 2.47. The maximum Gasteiger partial charge on any atom is 0.287 e. The Balaban J connectivity index is 1.53. The van der Waals surface area contributed by atoms with Crippen LogP contribution in [0, 0.1) is 6.92 Å². The van der Waals surface area contributed by atoms with Crippen LogP contribution in [0.1, 0.15) is 39.9 Å². The first-order valence-corrected chi connectivity index (χ1v) is 8.09. The van der Waals surface area contributed by atoms with Gasteiger partial charge in [0.25, 0.3) is 5.91 Å². The monoisotopic (exact) mass is 305 g/mol. The number of hydrogen-bond acceptors (Lipinski definition) is 5. The Morgan fingerprint density at radius 2 is 2.24 bits per heavy atom. The zero-order chi connectivity index (χ0) is 14.7. The van der Waals surface area contributed by atoms with Crippen molar-refractivity contribution >= 4 is 17.2 Å². The predicted molar refractivity (Wildman–Crippen MR) is 81.2 cm³/mol. The average molecular weight is 305 g/mol. The van der Waals surface area contributed by atoms with Gasteiger partial charge in [0, 0.05) is 11.1 Å². The molecule has 2 aromatic heterocycles. The van der Waals surface area contributed by atoms with Crippen LogP contribution in [0.4, 0.5) is 0 Å². The van der Waals surface area contributed by atoms with Gasteiger partial charge >= 0.3 is 0 Å². The minimum Gasteiger partial charge on any atom is -0.455 e. The van der Waals surface area contributed by atoms with Crippen LogP contribution >= 0.6 is 11.3 Å². The fraction of sp³-hybridized carbons (Fsp3) is 0.467. The lowest BCUT2D eigenvalue weighted by molar-refractivity contribution is 0.0919. The molecule has 1 aliphatic rings. The summed E-state index contributed by atoms with van der Waals surface area (Å²) in [5.74, 6) is 1.04. The molecule has 0 atom stereocenters. The van der Waals surface area contributed by atoms with Crippen molar-refractivity contribution in [3.63, 3.8) is 0 Å². The van der Waals surface area contributed by atoms with E-state index in [-0.39, 0.29) is 5.91 Å². The third-order valence-corrected chi connectivity index (χ3v) is 4.50. The second-order valence-electron chi connectivity index (χ2n) is 5.31. The smallest absolute Gasteiger partial charge is 0.287 e. The van der Waals surface area contributed by atoms with Crippen LogP contribution in [-0.2, 0) is 13.1 Å². The number of amides is 1. The first-order chi connectivity index (χ1) is 10.2. The molecule has 112 valence electrons. The highest BCUT2D eigenvalue weighted by molar-refractivity contribution is 7.09. The van der Waals surface area contributed by atoms with Crippen molar-refractivity contribution in [2.24, 2.45) is 0 Å². The van der Waals surface area contributed by atoms with Crippen LogP contribution in [0.25, 0.3) is 0 Å². The lowest BCUT2D eigenvalue weighted by Crippen LogP contribution is -2.22. The van der Waals surface area contributed by atoms with E-state index >= 15 is 0 Å². The summed E-state index contributed by atoms with van der Waals surface area (Å²) in [6.07, 6.45) is 2.50. The fourth-order valence-corrected chi connectivity index (χ4v) is 3.18. The lowest BCUT2D eigenvalue weighted by Gasteiger charge is -2.11. The number of carbonyl (C=O) groups excluding carboxylic acids is 1. The number of furan rings is 1. The Hall–Kier alpha value is -1.66. The van der Waals surface area contributed by atoms with E-state index in [1.54, 1.807) is 17.4 Å². The van der Waals surface area contributed by atoms with Gasteiger partial charge in [0.1, 0.15) is 10.8 Å². The molecule has 6 heteroatoms. The van der Waals surface area contributed by atoms with E-state index in [0.29, 0.717) is 12.3 Å². The second kappa shape index (κ2) is 6.41. The Morgan fingerprint density at radius 3 is 2.95 bits per heavy atom. The number of nitrogens with one attached hydrogen (secondary N) is 1. The van der Waals surface area contributed by atoms with Crippen LogP contribution in [0.2, 0.25) is 0 Å². The van der Waals surface area contributed by atoms with Gasteiger partial charge in [-0.2, -0.15) is 0 Å². The van der Waals surface area contributed by atoms with E-state index in [1.807, 2.05) is 18.4 Å². The number of aromatic nitrogens is 1. The van der Waals surface area contributed by atoms with E-state index in [1.165, 1.54) is 12.8 Å². The summed E-state index contributed by atoms with van der Waals surface area (Å²) in [6.45, 7) is 5.41. The highest BCUT2D eigenvalue weighted by Crippen LogP contribution is 2.15. The molecule has 5 nitrogen and oxygen atoms in total. The first kappa shape index (κ1) is 14.3. The van der Waals surface area contributed by atoms with Crippen molar-refractivity contribution < 1.29 is 9.21 Å². The van der Waals surface area contributed by atoms with Gasteiger partial charge in [0.2, 0.25) is 0 Å². The van der Waals surface area contributed by atoms with E-state index in [9.17, 15) is 4.79 Å². The quantitative estimate of drug-likeness (QED) is 0.922. The zero-order valence-corrected chi connectivity index (χ0v) is 12.9. The third kappa shape index (κ3) is 3.71. The van der Waals surface area contributed by atoms with Crippen molar-refractivity contribution in [1.29, 1.82) is 0 Å². The Morgan fingerprint density at radius 1 is 1.43 bits per heavy atom. The third-order valence-electron chi connectivity index (χ3n) is 3.53. The number of nitrogens with zero attached hydrogens (tertiary/aromatic N) is 2. The largest absolute Gasteiger partial charge is 0.455 e. The van der Waals surface area contributed by atoms with Crippen LogP contribution in [-0.4, -0.2) is 28.9 Å². The topological polar surface area (TPSA) is 58.4 Å². The Labute approximate surface area is 128 Å². The molecule has 0 spiro atoms. The number of thiazole rings is 1. The molecule has 1 aliphatic heterocycles. The van der Waals surface area contributed by atoms with Crippen LogP contribution in [0.5, 0.6) is 0 Å². The molecule has 1 N–H and O–H groups in total. The Kier molecular flexibility index (Phi) is 4.36. The molecule has 1 saturated heterocycles. The summed E-state index contributed by atoms with van der Waals surface area (Å²) in [5, 5.41) is 5.72. The number of rotatable bonds is 5. The number of hydrogen-bond donors (Lipinski definition) is 1. The standard InChI is InChI=1S/C15H19N3O2S/c1-11-10-21-14(17-11)8-16-15(19)13-5-4-12(20-13)9-18-6-2-3-7-18/h4-5,10H,2-3,6-9H2,1H3,(H,16,19). The number of carbonyl (C=O) groups is 1. The second-order valence-corrected chi connectivity index (χ2v) is 6.26. The van der Waals surface area contributed by atoms with E-state index in [0.717, 1.165) is 36.1 Å². The van der Waals surface area contributed by atoms with Crippen molar-refractivity contribution in [3.8, 4) is 0 Å². The van der Waals surface area contributed by atoms with Crippen molar-refractivity contribution in [2.45, 2.75) is 32.9 Å². The molecule has 1 amide bonds. The Bertz CT molecular complexity index is 614. The van der Waals surface area contributed by atoms with Crippen molar-refractivity contribution in [3.05, 3.63) is 39.7 Å². The van der Waals surface area contributed by atoms with E-state index in [2.05, 4.69) is 15.2 Å². The molecule has 3 rings (SSSR count). The normalized spacial score (nSPS) is 15.5. The van der Waals surface area contributed by atoms with E-state index in [4.69, 9.17) is 4.42 Å². The summed E-state index contributed by atoms with van der Waals surface area (Å²) in [7, 11) is 0. The van der Waals surface area contributed by atoms with Crippen LogP contribution in [0.3, 0.4) is 0 Å². The molecular weight excluding hydrogens is 286 g/mol. The average Bonchev–Trinajstić information content (AvgIpc) is 3.19. The molecular formula is C15H19N3O2S. The summed E-state index contributed by atoms with van der Waals surface area (Å²) in [4.78, 5) is 18.7. The zero-order valence-electron chi connectivity index (χ0n) is 12.1. The molecule has 0 aliphatic carbocycles. The van der Waals surface area contributed by atoms with Crippen LogP contribution < -0.4 is 5.32 Å². The molecule has 0 bridgehead atoms. The van der Waals surface area contributed by atoms with Gasteiger partial charge in [-0.15, -0.1) is 11.3 Å². The highest BCUT2D eigenvalue weighted by Gasteiger charge is 2.16. The van der Waals surface area contributed by atoms with Gasteiger partial charge in [-0.05, 0) is 45.0 Å². The SMILES string of the molecule is Cc1csc(CNC(=O)c2ccc(CN3CCCC3)o2)n1. The van der Waals surface area contributed by atoms with Gasteiger partial charge in [0.05, 0.1) is 13.1 Å². The number of likely N-dealkylation sites (tertiary alicyclic amines) is 1. The summed E-state index contributed by atoms with van der Waals surface area (Å²) < 4.78 is 5.63. The molecule has 1 fully saturated rings. The summed E-state index contributed by atoms with van der Waals surface area (Å²) in [6, 6.07) is 3.63. The maximum absolute atomic E-state index is 12.0. The first-order valence-electron chi connectivity index (χ1n) is 7.21. The molecule has 3 heterocycles. The molecule has 0 radical (unpaired) electrons. The summed E-state index contributed by atoms with van der Waals surface area (Å²) in [5.41, 5.74) is 0.982. The predicted octanol–water partition coefficient (Wildman–Crippen LogP) is 2.57. The highest BCUT2D eigenvalue weighted by atomic mass is 32.1. The van der Waals surface area contributed by atoms with Gasteiger partial charge < -0.3 is 9.73 Å². The van der Waals surface area contributed by atoms with Crippen LogP contribution in [0.15, 0.2) is 21.9 Å². The van der Waals surface area contributed by atoms with E-state index < -0.39 is 0 Å². The van der Waals surface area contributed by atoms with Gasteiger partial charge in [0.15, 0.2) is 5.76 Å². The van der Waals surface area contributed by atoms with Gasteiger partial charge in [-0.1, -0.05) is 0 Å². The molecule has 0 unspecified atom stereocenters. The molecule has 0 aromatic carbocycles. The summed E-state index contributed by atoms with van der Waals surface area (Å²) >= 11 is 1.55. The number of aryl methyl sites for hydroxylation is 1. The minimum atomic E-state index is -0.185. The molecule has 21 heavy (non-hydrogen) atoms. The maximum atomic E-state index is 12.0. The van der Waals surface area contributed by atoms with Gasteiger partial charge in [-0.3, -0.25) is 9.69 Å².